The van der Waals surface area contributed by atoms with Gasteiger partial charge in [-0.25, -0.2) is 4.79 Å². The predicted octanol–water partition coefficient (Wildman–Crippen LogP) is 4.41. The smallest absolute Gasteiger partial charge is 0.383 e. The Hall–Kier alpha value is -1.72. The Morgan fingerprint density at radius 1 is 0.789 bits per heavy atom. The van der Waals surface area contributed by atoms with E-state index < -0.39 is 5.30 Å². The molecule has 0 aromatic heterocycles. The summed E-state index contributed by atoms with van der Waals surface area (Å²) >= 11 is 0. The lowest BCUT2D eigenvalue weighted by molar-refractivity contribution is 0.109. The highest BCUT2D eigenvalue weighted by molar-refractivity contribution is 8.87. The maximum atomic E-state index is 11.7. The van der Waals surface area contributed by atoms with E-state index in [4.69, 9.17) is 4.74 Å². The van der Waals surface area contributed by atoms with E-state index >= 15 is 0 Å². The van der Waals surface area contributed by atoms with Crippen LogP contribution in [0.15, 0.2) is 60.7 Å². The average Bonchev–Trinajstić information content (AvgIpc) is 2.47. The van der Waals surface area contributed by atoms with Crippen LogP contribution in [0.2, 0.25) is 0 Å². The molecule has 0 bridgehead atoms. The van der Waals surface area contributed by atoms with Crippen LogP contribution in [0.4, 0.5) is 4.79 Å². The highest BCUT2D eigenvalue weighted by Crippen LogP contribution is 2.28. The number of rotatable bonds is 2. The molecule has 0 N–H and O–H groups in total. The van der Waals surface area contributed by atoms with Crippen molar-refractivity contribution in [1.29, 1.82) is 0 Å². The molecule has 0 aliphatic heterocycles. The van der Waals surface area contributed by atoms with E-state index in [1.165, 1.54) is 0 Å². The largest absolute Gasteiger partial charge is 0.418 e. The Bertz CT molecular complexity index is 555. The minimum absolute atomic E-state index is 0.171. The van der Waals surface area contributed by atoms with E-state index in [1.54, 1.807) is 48.5 Å². The van der Waals surface area contributed by atoms with Gasteiger partial charge in [0.05, 0.1) is 0 Å². The second-order valence-electron chi connectivity index (χ2n) is 3.49. The Labute approximate surface area is 118 Å². The molecule has 0 saturated heterocycles. The Balaban J connectivity index is 1.83. The highest BCUT2D eigenvalue weighted by Gasteiger charge is 2.12. The van der Waals surface area contributed by atoms with Crippen molar-refractivity contribution in [3.63, 3.8) is 0 Å². The highest BCUT2D eigenvalue weighted by atomic mass is 33.1. The summed E-state index contributed by atoms with van der Waals surface area (Å²) in [4.78, 5) is 23.3. The number of ether oxygens (including phenoxy) is 1. The van der Waals surface area contributed by atoms with Crippen LogP contribution in [-0.4, -0.2) is 10.4 Å². The molecule has 2 aromatic carbocycles. The van der Waals surface area contributed by atoms with Gasteiger partial charge in [-0.2, -0.15) is 0 Å². The van der Waals surface area contributed by atoms with Gasteiger partial charge in [-0.3, -0.25) is 4.79 Å². The fraction of sp³-hybridized carbons (Fsp3) is 0. The van der Waals surface area contributed by atoms with Crippen LogP contribution < -0.4 is 4.74 Å². The van der Waals surface area contributed by atoms with Crippen LogP contribution in [0.3, 0.4) is 0 Å². The summed E-state index contributed by atoms with van der Waals surface area (Å²) in [7, 11) is 1.64. The molecule has 0 heterocycles. The van der Waals surface area contributed by atoms with Gasteiger partial charge in [0, 0.05) is 16.4 Å². The van der Waals surface area contributed by atoms with E-state index in [0.29, 0.717) is 11.3 Å². The molecule has 3 nitrogen and oxygen atoms in total. The van der Waals surface area contributed by atoms with Crippen LogP contribution in [0.5, 0.6) is 5.75 Å². The Kier molecular flexibility index (Phi) is 5.06. The minimum atomic E-state index is -0.513. The third-order valence-corrected chi connectivity index (χ3v) is 3.94. The zero-order chi connectivity index (χ0) is 13.5. The molecule has 0 amide bonds. The summed E-state index contributed by atoms with van der Waals surface area (Å²) < 4.78 is 5.05. The van der Waals surface area contributed by atoms with E-state index in [2.05, 4.69) is 0 Å². The third-order valence-electron chi connectivity index (χ3n) is 2.14. The fourth-order valence-electron chi connectivity index (χ4n) is 1.30. The van der Waals surface area contributed by atoms with Crippen LogP contribution in [0.1, 0.15) is 10.4 Å². The minimum Gasteiger partial charge on any atom is -0.418 e. The normalized spacial score (nSPS) is 9.89. The molecular weight excluding hydrogens is 280 g/mol. The molecule has 0 aliphatic carbocycles. The quantitative estimate of drug-likeness (QED) is 0.605. The lowest BCUT2D eigenvalue weighted by Crippen LogP contribution is -2.00. The predicted molar refractivity (Wildman–Crippen MR) is 78.4 cm³/mol. The molecule has 0 radical (unpaired) electrons. The molecule has 0 unspecified atom stereocenters. The Morgan fingerprint density at radius 3 is 2.00 bits per heavy atom. The van der Waals surface area contributed by atoms with Crippen LogP contribution >= 0.6 is 21.6 Å². The molecular formula is C14H10O3S2. The first-order valence-corrected chi connectivity index (χ1v) is 7.61. The molecule has 2 aromatic rings. The number of para-hydroxylation sites is 1. The SMILES string of the molecule is O=C(Oc1ccccc1)SSC(=O)c1ccccc1. The van der Waals surface area contributed by atoms with Crippen molar-refractivity contribution >= 4 is 32.0 Å². The van der Waals surface area contributed by atoms with Gasteiger partial charge in [0.15, 0.2) is 0 Å². The van der Waals surface area contributed by atoms with E-state index in [1.807, 2.05) is 12.1 Å². The van der Waals surface area contributed by atoms with Crippen molar-refractivity contribution in [2.75, 3.05) is 0 Å². The molecule has 0 atom stereocenters. The molecule has 96 valence electrons. The van der Waals surface area contributed by atoms with Gasteiger partial charge in [0.25, 0.3) is 0 Å². The van der Waals surface area contributed by atoms with Crippen molar-refractivity contribution in [2.24, 2.45) is 0 Å². The second kappa shape index (κ2) is 7.01. The first kappa shape index (κ1) is 13.7. The van der Waals surface area contributed by atoms with E-state index in [9.17, 15) is 9.59 Å². The van der Waals surface area contributed by atoms with E-state index in [0.717, 1.165) is 21.6 Å². The fourth-order valence-corrected chi connectivity index (χ4v) is 2.62. The first-order valence-electron chi connectivity index (χ1n) is 5.46. The summed E-state index contributed by atoms with van der Waals surface area (Å²) in [6.07, 6.45) is 0. The second-order valence-corrected chi connectivity index (χ2v) is 5.52. The lowest BCUT2D eigenvalue weighted by Gasteiger charge is -2.02. The van der Waals surface area contributed by atoms with Gasteiger partial charge in [0.1, 0.15) is 5.75 Å². The number of carbonyl (C=O) groups excluding carboxylic acids is 2. The van der Waals surface area contributed by atoms with Crippen LogP contribution in [0.25, 0.3) is 0 Å². The summed E-state index contributed by atoms with van der Waals surface area (Å²) in [5.74, 6) is 0.466. The molecule has 5 heteroatoms. The third kappa shape index (κ3) is 4.46. The van der Waals surface area contributed by atoms with Crippen LogP contribution in [0, 0.1) is 0 Å². The molecule has 19 heavy (non-hydrogen) atoms. The van der Waals surface area contributed by atoms with Gasteiger partial charge >= 0.3 is 5.30 Å². The maximum Gasteiger partial charge on any atom is 0.383 e. The molecule has 2 rings (SSSR count). The van der Waals surface area contributed by atoms with Crippen molar-refractivity contribution in [3.8, 4) is 5.75 Å². The van der Waals surface area contributed by atoms with Gasteiger partial charge in [0.2, 0.25) is 5.12 Å². The number of carbonyl (C=O) groups is 2. The first-order chi connectivity index (χ1) is 9.25. The zero-order valence-electron chi connectivity index (χ0n) is 9.81. The Morgan fingerprint density at radius 2 is 1.37 bits per heavy atom. The summed E-state index contributed by atoms with van der Waals surface area (Å²) in [5.41, 5.74) is 0.563. The number of hydrogen-bond donors (Lipinski definition) is 0. The van der Waals surface area contributed by atoms with Crippen LogP contribution in [-0.2, 0) is 0 Å². The van der Waals surface area contributed by atoms with Crippen molar-refractivity contribution in [3.05, 3.63) is 66.2 Å². The van der Waals surface area contributed by atoms with E-state index in [-0.39, 0.29) is 5.12 Å². The van der Waals surface area contributed by atoms with Gasteiger partial charge in [-0.05, 0) is 22.9 Å². The van der Waals surface area contributed by atoms with Crippen molar-refractivity contribution in [1.82, 2.24) is 0 Å². The topological polar surface area (TPSA) is 43.4 Å². The number of hydrogen-bond acceptors (Lipinski definition) is 5. The summed E-state index contributed by atoms with van der Waals surface area (Å²) in [5, 5.41) is -0.684. The molecule has 0 aliphatic rings. The average molecular weight is 290 g/mol. The molecule has 0 spiro atoms. The summed E-state index contributed by atoms with van der Waals surface area (Å²) in [6.45, 7) is 0. The molecule has 0 saturated carbocycles. The van der Waals surface area contributed by atoms with Crippen molar-refractivity contribution < 1.29 is 14.3 Å². The van der Waals surface area contributed by atoms with Gasteiger partial charge in [-0.1, -0.05) is 48.5 Å². The maximum absolute atomic E-state index is 11.7. The monoisotopic (exact) mass is 290 g/mol. The standard InChI is InChI=1S/C14H10O3S2/c15-13(11-7-3-1-4-8-11)18-19-14(16)17-12-9-5-2-6-10-12/h1-10H. The molecule has 0 fully saturated rings. The zero-order valence-corrected chi connectivity index (χ0v) is 11.4. The summed E-state index contributed by atoms with van der Waals surface area (Å²) in [6, 6.07) is 17.5. The van der Waals surface area contributed by atoms with Gasteiger partial charge < -0.3 is 4.74 Å². The lowest BCUT2D eigenvalue weighted by atomic mass is 10.2. The number of benzene rings is 2. The van der Waals surface area contributed by atoms with Gasteiger partial charge in [-0.15, -0.1) is 0 Å². The van der Waals surface area contributed by atoms with Crippen molar-refractivity contribution in [2.45, 2.75) is 0 Å².